The van der Waals surface area contributed by atoms with E-state index in [2.05, 4.69) is 10.6 Å². The molecule has 1 saturated heterocycles. The van der Waals surface area contributed by atoms with Gasteiger partial charge in [-0.2, -0.15) is 0 Å². The molecule has 8 N–H and O–H groups in total. The van der Waals surface area contributed by atoms with Crippen molar-refractivity contribution < 1.29 is 34.2 Å². The predicted octanol–water partition coefficient (Wildman–Crippen LogP) is -0.991. The molecule has 1 aliphatic rings. The van der Waals surface area contributed by atoms with Crippen LogP contribution in [0.2, 0.25) is 0 Å². The number of carboxylic acid groups (broad SMARTS) is 2. The number of nitrogens with one attached hydrogen (secondary N) is 2. The highest BCUT2D eigenvalue weighted by molar-refractivity contribution is 5.94. The number of unbranched alkanes of at least 4 members (excludes halogenated alkanes) is 1. The number of carboxylic acids is 2. The fourth-order valence-electron chi connectivity index (χ4n) is 3.61. The average Bonchev–Trinajstić information content (AvgIpc) is 3.24. The van der Waals surface area contributed by atoms with Gasteiger partial charge in [-0.1, -0.05) is 13.8 Å². The summed E-state index contributed by atoms with van der Waals surface area (Å²) in [5, 5.41) is 23.3. The summed E-state index contributed by atoms with van der Waals surface area (Å²) in [5.74, 6) is -4.28. The van der Waals surface area contributed by atoms with Crippen molar-refractivity contribution in [3.8, 4) is 0 Å². The van der Waals surface area contributed by atoms with E-state index in [-0.39, 0.29) is 24.7 Å². The number of carbonyl (C=O) groups is 5. The van der Waals surface area contributed by atoms with Crippen molar-refractivity contribution >= 4 is 29.7 Å². The summed E-state index contributed by atoms with van der Waals surface area (Å²) < 4.78 is 0. The number of nitrogens with two attached hydrogens (primary N) is 2. The molecule has 1 aliphatic heterocycles. The molecule has 1 heterocycles. The molecule has 12 heteroatoms. The number of carbonyl (C=O) groups excluding carboxylic acids is 3. The quantitative estimate of drug-likeness (QED) is 0.172. The van der Waals surface area contributed by atoms with Gasteiger partial charge in [-0.3, -0.25) is 19.2 Å². The Hall–Kier alpha value is -2.73. The van der Waals surface area contributed by atoms with Crippen molar-refractivity contribution in [2.45, 2.75) is 83.0 Å². The van der Waals surface area contributed by atoms with Gasteiger partial charge in [0.15, 0.2) is 0 Å². The Labute approximate surface area is 193 Å². The maximum atomic E-state index is 12.9. The lowest BCUT2D eigenvalue weighted by Crippen LogP contribution is -2.57. The first kappa shape index (κ1) is 28.3. The molecular weight excluding hydrogens is 434 g/mol. The van der Waals surface area contributed by atoms with E-state index >= 15 is 0 Å². The van der Waals surface area contributed by atoms with Gasteiger partial charge in [0.25, 0.3) is 0 Å². The molecule has 4 atom stereocenters. The number of hydrogen-bond acceptors (Lipinski definition) is 7. The van der Waals surface area contributed by atoms with E-state index < -0.39 is 54.3 Å². The highest BCUT2D eigenvalue weighted by Gasteiger charge is 2.38. The number of amides is 3. The Balaban J connectivity index is 2.92. The number of likely N-dealkylation sites (tertiary alicyclic amines) is 1. The highest BCUT2D eigenvalue weighted by atomic mass is 16.4. The smallest absolute Gasteiger partial charge is 0.326 e. The minimum absolute atomic E-state index is 0.122. The van der Waals surface area contributed by atoms with Crippen LogP contribution in [0.15, 0.2) is 0 Å². The monoisotopic (exact) mass is 471 g/mol. The van der Waals surface area contributed by atoms with Gasteiger partial charge < -0.3 is 37.2 Å². The van der Waals surface area contributed by atoms with Gasteiger partial charge in [-0.05, 0) is 51.0 Å². The van der Waals surface area contributed by atoms with Gasteiger partial charge in [0.1, 0.15) is 18.1 Å². The molecular formula is C21H37N5O7. The van der Waals surface area contributed by atoms with Crippen LogP contribution in [0.25, 0.3) is 0 Å². The third-order valence-electron chi connectivity index (χ3n) is 5.68. The van der Waals surface area contributed by atoms with Crippen LogP contribution in [0, 0.1) is 5.92 Å². The van der Waals surface area contributed by atoms with E-state index in [0.717, 1.165) is 0 Å². The zero-order valence-electron chi connectivity index (χ0n) is 19.3. The molecule has 0 saturated carbocycles. The van der Waals surface area contributed by atoms with Crippen molar-refractivity contribution in [3.05, 3.63) is 0 Å². The molecule has 1 rings (SSSR count). The van der Waals surface area contributed by atoms with Gasteiger partial charge in [0, 0.05) is 13.0 Å². The van der Waals surface area contributed by atoms with Crippen LogP contribution in [0.5, 0.6) is 0 Å². The SMILES string of the molecule is CC(C)C(N)C(=O)N1CCCC1C(=O)NC(CCC(=O)O)C(=O)NC(CCCCN)C(=O)O. The molecule has 3 amide bonds. The summed E-state index contributed by atoms with van der Waals surface area (Å²) in [6.07, 6.45) is 1.55. The molecule has 33 heavy (non-hydrogen) atoms. The zero-order valence-corrected chi connectivity index (χ0v) is 19.3. The molecule has 0 radical (unpaired) electrons. The van der Waals surface area contributed by atoms with Crippen molar-refractivity contribution in [2.24, 2.45) is 17.4 Å². The van der Waals surface area contributed by atoms with Gasteiger partial charge in [-0.25, -0.2) is 4.79 Å². The Kier molecular flexibility index (Phi) is 11.8. The second-order valence-corrected chi connectivity index (χ2v) is 8.64. The highest BCUT2D eigenvalue weighted by Crippen LogP contribution is 2.20. The summed E-state index contributed by atoms with van der Waals surface area (Å²) in [4.78, 5) is 62.3. The molecule has 1 fully saturated rings. The van der Waals surface area contributed by atoms with Gasteiger partial charge in [0.2, 0.25) is 17.7 Å². The summed E-state index contributed by atoms with van der Waals surface area (Å²) in [6.45, 7) is 4.33. The lowest BCUT2D eigenvalue weighted by molar-refractivity contribution is -0.144. The summed E-state index contributed by atoms with van der Waals surface area (Å²) in [7, 11) is 0. The van der Waals surface area contributed by atoms with Crippen molar-refractivity contribution in [1.82, 2.24) is 15.5 Å². The third kappa shape index (κ3) is 8.97. The van der Waals surface area contributed by atoms with E-state index in [0.29, 0.717) is 38.8 Å². The molecule has 4 unspecified atom stereocenters. The molecule has 0 aliphatic carbocycles. The van der Waals surface area contributed by atoms with Crippen LogP contribution in [-0.2, 0) is 24.0 Å². The second kappa shape index (κ2) is 13.7. The van der Waals surface area contributed by atoms with Crippen molar-refractivity contribution in [2.75, 3.05) is 13.1 Å². The largest absolute Gasteiger partial charge is 0.481 e. The molecule has 12 nitrogen and oxygen atoms in total. The number of hydrogen-bond donors (Lipinski definition) is 6. The van der Waals surface area contributed by atoms with E-state index in [1.807, 2.05) is 0 Å². The Morgan fingerprint density at radius 3 is 2.24 bits per heavy atom. The van der Waals surface area contributed by atoms with Crippen LogP contribution in [0.4, 0.5) is 0 Å². The fourth-order valence-corrected chi connectivity index (χ4v) is 3.61. The molecule has 0 spiro atoms. The average molecular weight is 472 g/mol. The zero-order chi connectivity index (χ0) is 25.1. The first-order valence-electron chi connectivity index (χ1n) is 11.3. The summed E-state index contributed by atoms with van der Waals surface area (Å²) in [6, 6.07) is -4.06. The lowest BCUT2D eigenvalue weighted by Gasteiger charge is -2.29. The van der Waals surface area contributed by atoms with E-state index in [1.54, 1.807) is 13.8 Å². The van der Waals surface area contributed by atoms with Crippen LogP contribution in [0.3, 0.4) is 0 Å². The Bertz CT molecular complexity index is 715. The molecule has 0 aromatic rings. The molecule has 0 aromatic heterocycles. The second-order valence-electron chi connectivity index (χ2n) is 8.64. The van der Waals surface area contributed by atoms with Crippen LogP contribution < -0.4 is 22.1 Å². The van der Waals surface area contributed by atoms with Crippen LogP contribution in [0.1, 0.15) is 58.8 Å². The first-order chi connectivity index (χ1) is 15.5. The lowest BCUT2D eigenvalue weighted by atomic mass is 10.0. The Morgan fingerprint density at radius 1 is 1.03 bits per heavy atom. The fraction of sp³-hybridized carbons (Fsp3) is 0.762. The van der Waals surface area contributed by atoms with Crippen molar-refractivity contribution in [3.63, 3.8) is 0 Å². The topological polar surface area (TPSA) is 205 Å². The van der Waals surface area contributed by atoms with Gasteiger partial charge in [-0.15, -0.1) is 0 Å². The van der Waals surface area contributed by atoms with E-state index in [1.165, 1.54) is 4.90 Å². The minimum atomic E-state index is -1.26. The van der Waals surface area contributed by atoms with Crippen LogP contribution >= 0.6 is 0 Å². The van der Waals surface area contributed by atoms with E-state index in [9.17, 15) is 29.1 Å². The predicted molar refractivity (Wildman–Crippen MR) is 119 cm³/mol. The third-order valence-corrected chi connectivity index (χ3v) is 5.68. The van der Waals surface area contributed by atoms with Crippen LogP contribution in [-0.4, -0.2) is 82.0 Å². The van der Waals surface area contributed by atoms with Gasteiger partial charge in [0.05, 0.1) is 6.04 Å². The van der Waals surface area contributed by atoms with Crippen molar-refractivity contribution in [1.29, 1.82) is 0 Å². The van der Waals surface area contributed by atoms with E-state index in [4.69, 9.17) is 16.6 Å². The maximum Gasteiger partial charge on any atom is 0.326 e. The standard InChI is InChI=1S/C21H37N5O7/c1-12(2)17(23)20(31)26-11-5-7-15(26)19(30)24-13(8-9-16(27)28)18(29)25-14(21(32)33)6-3-4-10-22/h12-15,17H,3-11,22-23H2,1-2H3,(H,24,30)(H,25,29)(H,27,28)(H,32,33). The number of nitrogens with zero attached hydrogens (tertiary/aromatic N) is 1. The molecule has 0 bridgehead atoms. The minimum Gasteiger partial charge on any atom is -0.481 e. The summed E-state index contributed by atoms with van der Waals surface area (Å²) in [5.41, 5.74) is 11.4. The summed E-state index contributed by atoms with van der Waals surface area (Å²) >= 11 is 0. The Morgan fingerprint density at radius 2 is 1.70 bits per heavy atom. The normalized spacial score (nSPS) is 18.5. The van der Waals surface area contributed by atoms with Gasteiger partial charge >= 0.3 is 11.9 Å². The molecule has 188 valence electrons. The number of rotatable bonds is 14. The maximum absolute atomic E-state index is 12.9. The number of aliphatic carboxylic acids is 2. The molecule has 0 aromatic carbocycles. The first-order valence-corrected chi connectivity index (χ1v) is 11.3.